The molecule has 2 aromatic rings. The van der Waals surface area contributed by atoms with Crippen LogP contribution in [-0.4, -0.2) is 13.7 Å². The van der Waals surface area contributed by atoms with Gasteiger partial charge in [-0.05, 0) is 55.5 Å². The van der Waals surface area contributed by atoms with Crippen molar-refractivity contribution in [3.8, 4) is 0 Å². The fourth-order valence-electron chi connectivity index (χ4n) is 1.73. The normalized spacial score (nSPS) is 12.6. The Hall–Kier alpha value is 0.130. The van der Waals surface area contributed by atoms with Crippen LogP contribution < -0.4 is 0 Å². The summed E-state index contributed by atoms with van der Waals surface area (Å²) in [6, 6.07) is 10.5. The Morgan fingerprint density at radius 1 is 1.26 bits per heavy atom. The van der Waals surface area contributed by atoms with Gasteiger partial charge in [0.2, 0.25) is 0 Å². The van der Waals surface area contributed by atoms with E-state index in [1.165, 1.54) is 5.56 Å². The maximum absolute atomic E-state index is 6.52. The van der Waals surface area contributed by atoms with Crippen LogP contribution in [0.25, 0.3) is 0 Å². The molecule has 19 heavy (non-hydrogen) atoms. The molecule has 0 saturated heterocycles. The van der Waals surface area contributed by atoms with E-state index in [-0.39, 0.29) is 5.38 Å². The molecule has 1 unspecified atom stereocenters. The van der Waals surface area contributed by atoms with Gasteiger partial charge >= 0.3 is 0 Å². The van der Waals surface area contributed by atoms with Crippen LogP contribution in [0.2, 0.25) is 0 Å². The molecule has 0 fully saturated rings. The van der Waals surface area contributed by atoms with E-state index in [9.17, 15) is 0 Å². The minimum absolute atomic E-state index is 0.107. The first kappa shape index (κ1) is 15.5. The molecule has 2 rings (SSSR count). The van der Waals surface area contributed by atoms with Crippen LogP contribution in [0.3, 0.4) is 0 Å². The van der Waals surface area contributed by atoms with Gasteiger partial charge in [0.15, 0.2) is 0 Å². The van der Waals surface area contributed by atoms with Crippen molar-refractivity contribution in [3.63, 3.8) is 0 Å². The van der Waals surface area contributed by atoms with Crippen LogP contribution >= 0.6 is 54.8 Å². The monoisotopic (exact) mass is 422 g/mol. The quantitative estimate of drug-likeness (QED) is 0.552. The molecule has 0 aliphatic rings. The number of hydrogen-bond donors (Lipinski definition) is 0. The molecule has 0 saturated carbocycles. The lowest BCUT2D eigenvalue weighted by Crippen LogP contribution is -1.95. The number of ether oxygens (including phenoxy) is 1. The summed E-state index contributed by atoms with van der Waals surface area (Å²) >= 11 is 15.2. The van der Waals surface area contributed by atoms with E-state index in [1.54, 1.807) is 18.4 Å². The van der Waals surface area contributed by atoms with E-state index in [0.29, 0.717) is 0 Å². The second-order valence-electron chi connectivity index (χ2n) is 4.12. The summed E-state index contributed by atoms with van der Waals surface area (Å²) in [6.45, 7) is 0.745. The second kappa shape index (κ2) is 7.23. The highest BCUT2D eigenvalue weighted by molar-refractivity contribution is 9.13. The topological polar surface area (TPSA) is 9.23 Å². The first-order valence-electron chi connectivity index (χ1n) is 5.78. The third-order valence-electron chi connectivity index (χ3n) is 2.78. The summed E-state index contributed by atoms with van der Waals surface area (Å²) in [5.41, 5.74) is 2.38. The first-order valence-corrected chi connectivity index (χ1v) is 8.62. The molecule has 0 spiro atoms. The SMILES string of the molecule is COCCc1ccc(C(Cl)c2cc(Br)c(Br)s2)cc1. The number of methoxy groups -OCH3 is 1. The van der Waals surface area contributed by atoms with Gasteiger partial charge in [-0.2, -0.15) is 0 Å². The number of halogens is 3. The predicted molar refractivity (Wildman–Crippen MR) is 89.4 cm³/mol. The third kappa shape index (κ3) is 4.05. The fourth-order valence-corrected chi connectivity index (χ4v) is 4.16. The van der Waals surface area contributed by atoms with E-state index in [2.05, 4.69) is 62.2 Å². The first-order chi connectivity index (χ1) is 9.11. The maximum Gasteiger partial charge on any atom is 0.0928 e. The lowest BCUT2D eigenvalue weighted by atomic mass is 10.1. The molecule has 1 heterocycles. The van der Waals surface area contributed by atoms with Gasteiger partial charge in [-0.25, -0.2) is 0 Å². The van der Waals surface area contributed by atoms with Crippen molar-refractivity contribution in [1.82, 2.24) is 0 Å². The van der Waals surface area contributed by atoms with Crippen molar-refractivity contribution in [3.05, 3.63) is 54.6 Å². The van der Waals surface area contributed by atoms with Gasteiger partial charge < -0.3 is 4.74 Å². The van der Waals surface area contributed by atoms with Crippen LogP contribution in [0.4, 0.5) is 0 Å². The molecule has 1 atom stereocenters. The molecule has 1 nitrogen and oxygen atoms in total. The van der Waals surface area contributed by atoms with E-state index in [0.717, 1.165) is 31.7 Å². The zero-order valence-electron chi connectivity index (χ0n) is 10.3. The molecule has 0 N–H and O–H groups in total. The molecule has 0 aliphatic heterocycles. The minimum atomic E-state index is -0.107. The Labute approximate surface area is 139 Å². The highest BCUT2D eigenvalue weighted by Crippen LogP contribution is 2.40. The van der Waals surface area contributed by atoms with E-state index in [1.807, 2.05) is 0 Å². The van der Waals surface area contributed by atoms with E-state index < -0.39 is 0 Å². The van der Waals surface area contributed by atoms with Crippen LogP contribution in [0.1, 0.15) is 21.4 Å². The van der Waals surface area contributed by atoms with Gasteiger partial charge in [-0.3, -0.25) is 0 Å². The van der Waals surface area contributed by atoms with Gasteiger partial charge in [0.25, 0.3) is 0 Å². The Balaban J connectivity index is 2.13. The number of thiophene rings is 1. The summed E-state index contributed by atoms with van der Waals surface area (Å²) in [7, 11) is 1.72. The lowest BCUT2D eigenvalue weighted by Gasteiger charge is -2.08. The average molecular weight is 425 g/mol. The van der Waals surface area contributed by atoms with Gasteiger partial charge in [0.05, 0.1) is 15.8 Å². The van der Waals surface area contributed by atoms with Crippen molar-refractivity contribution >= 4 is 54.8 Å². The van der Waals surface area contributed by atoms with Gasteiger partial charge in [0, 0.05) is 16.5 Å². The van der Waals surface area contributed by atoms with Crippen molar-refractivity contribution in [2.45, 2.75) is 11.8 Å². The van der Waals surface area contributed by atoms with Gasteiger partial charge in [-0.15, -0.1) is 22.9 Å². The Kier molecular flexibility index (Phi) is 5.90. The third-order valence-corrected chi connectivity index (χ3v) is 6.72. The fraction of sp³-hybridized carbons (Fsp3) is 0.286. The zero-order chi connectivity index (χ0) is 13.8. The largest absolute Gasteiger partial charge is 0.384 e. The molecule has 0 bridgehead atoms. The number of hydrogen-bond acceptors (Lipinski definition) is 2. The summed E-state index contributed by atoms with van der Waals surface area (Å²) in [6.07, 6.45) is 0.930. The van der Waals surface area contributed by atoms with Crippen LogP contribution in [0.5, 0.6) is 0 Å². The molecule has 0 amide bonds. The second-order valence-corrected chi connectivity index (χ2v) is 7.81. The number of rotatable bonds is 5. The summed E-state index contributed by atoms with van der Waals surface area (Å²) in [4.78, 5) is 1.13. The van der Waals surface area contributed by atoms with Crippen molar-refractivity contribution < 1.29 is 4.74 Å². The average Bonchev–Trinajstić information content (AvgIpc) is 2.76. The zero-order valence-corrected chi connectivity index (χ0v) is 15.1. The summed E-state index contributed by atoms with van der Waals surface area (Å²) in [5, 5.41) is -0.107. The molecule has 1 aromatic heterocycles. The minimum Gasteiger partial charge on any atom is -0.384 e. The maximum atomic E-state index is 6.52. The molecule has 102 valence electrons. The summed E-state index contributed by atoms with van der Waals surface area (Å²) in [5.74, 6) is 0. The van der Waals surface area contributed by atoms with E-state index >= 15 is 0 Å². The van der Waals surface area contributed by atoms with Crippen LogP contribution in [-0.2, 0) is 11.2 Å². The van der Waals surface area contributed by atoms with Crippen molar-refractivity contribution in [2.75, 3.05) is 13.7 Å². The lowest BCUT2D eigenvalue weighted by molar-refractivity contribution is 0.202. The predicted octanol–water partition coefficient (Wildman–Crippen LogP) is 5.79. The number of alkyl halides is 1. The van der Waals surface area contributed by atoms with Crippen LogP contribution in [0.15, 0.2) is 38.6 Å². The Morgan fingerprint density at radius 3 is 2.47 bits per heavy atom. The Bertz CT molecular complexity index is 519. The van der Waals surface area contributed by atoms with E-state index in [4.69, 9.17) is 16.3 Å². The molecule has 0 aliphatic carbocycles. The standard InChI is InChI=1S/C14H13Br2ClOS/c1-18-7-6-9-2-4-10(5-3-9)13(17)12-8-11(15)14(16)19-12/h2-5,8,13H,6-7H2,1H3. The van der Waals surface area contributed by atoms with Gasteiger partial charge in [-0.1, -0.05) is 24.3 Å². The smallest absolute Gasteiger partial charge is 0.0928 e. The summed E-state index contributed by atoms with van der Waals surface area (Å²) < 4.78 is 7.20. The highest BCUT2D eigenvalue weighted by Gasteiger charge is 2.15. The molecule has 1 aromatic carbocycles. The highest BCUT2D eigenvalue weighted by atomic mass is 79.9. The molecular formula is C14H13Br2ClOS. The molecule has 0 radical (unpaired) electrons. The van der Waals surface area contributed by atoms with Crippen molar-refractivity contribution in [2.24, 2.45) is 0 Å². The van der Waals surface area contributed by atoms with Crippen LogP contribution in [0, 0.1) is 0 Å². The Morgan fingerprint density at radius 2 is 1.95 bits per heavy atom. The number of benzene rings is 1. The van der Waals surface area contributed by atoms with Crippen molar-refractivity contribution in [1.29, 1.82) is 0 Å². The molecule has 5 heteroatoms. The molecular weight excluding hydrogens is 411 g/mol. The van der Waals surface area contributed by atoms with Gasteiger partial charge in [0.1, 0.15) is 0 Å².